The molecule has 0 unspecified atom stereocenters. The molecule has 0 radical (unpaired) electrons. The van der Waals surface area contributed by atoms with E-state index in [-0.39, 0.29) is 22.1 Å². The molecule has 2 aromatic rings. The SMILES string of the molecule is Cc1nc2cc(F)c(CBr)cc2c(=O)n1C(=O)OC(C)(C)C. The number of alkyl halides is 1. The fourth-order valence-corrected chi connectivity index (χ4v) is 2.42. The summed E-state index contributed by atoms with van der Waals surface area (Å²) in [6.45, 7) is 6.62. The minimum atomic E-state index is -0.797. The molecule has 118 valence electrons. The number of hydrogen-bond donors (Lipinski definition) is 0. The number of aryl methyl sites for hydroxylation is 1. The molecule has 22 heavy (non-hydrogen) atoms. The first-order valence-corrected chi connectivity index (χ1v) is 7.77. The van der Waals surface area contributed by atoms with Crippen LogP contribution in [0, 0.1) is 12.7 Å². The van der Waals surface area contributed by atoms with Gasteiger partial charge in [0, 0.05) is 11.4 Å². The smallest absolute Gasteiger partial charge is 0.422 e. The van der Waals surface area contributed by atoms with Crippen molar-refractivity contribution in [2.24, 2.45) is 0 Å². The molecule has 0 N–H and O–H groups in total. The fourth-order valence-electron chi connectivity index (χ4n) is 1.99. The van der Waals surface area contributed by atoms with Gasteiger partial charge in [0.2, 0.25) is 0 Å². The first-order chi connectivity index (χ1) is 10.1. The highest BCUT2D eigenvalue weighted by atomic mass is 79.9. The molecule has 0 atom stereocenters. The van der Waals surface area contributed by atoms with Crippen molar-refractivity contribution in [3.05, 3.63) is 39.7 Å². The zero-order chi connectivity index (χ0) is 16.7. The average Bonchev–Trinajstić information content (AvgIpc) is 2.35. The standard InChI is InChI=1S/C15H16BrFN2O3/c1-8-18-12-6-11(17)9(7-16)5-10(12)13(20)19(8)14(21)22-15(2,3)4/h5-6H,7H2,1-4H3. The Morgan fingerprint density at radius 1 is 1.41 bits per heavy atom. The maximum absolute atomic E-state index is 13.8. The number of halogens is 2. The third kappa shape index (κ3) is 3.19. The van der Waals surface area contributed by atoms with Crippen LogP contribution in [0.15, 0.2) is 16.9 Å². The Morgan fingerprint density at radius 2 is 2.05 bits per heavy atom. The van der Waals surface area contributed by atoms with Crippen LogP contribution in [-0.4, -0.2) is 21.2 Å². The van der Waals surface area contributed by atoms with Crippen LogP contribution in [0.4, 0.5) is 9.18 Å². The van der Waals surface area contributed by atoms with Crippen molar-refractivity contribution in [3.8, 4) is 0 Å². The Hall–Kier alpha value is -1.76. The molecule has 1 aromatic heterocycles. The van der Waals surface area contributed by atoms with E-state index in [0.29, 0.717) is 5.56 Å². The first kappa shape index (κ1) is 16.6. The average molecular weight is 371 g/mol. The van der Waals surface area contributed by atoms with Gasteiger partial charge < -0.3 is 4.74 Å². The highest BCUT2D eigenvalue weighted by Crippen LogP contribution is 2.18. The lowest BCUT2D eigenvalue weighted by molar-refractivity contribution is 0.0526. The number of fused-ring (bicyclic) bond motifs is 1. The van der Waals surface area contributed by atoms with Crippen LogP contribution >= 0.6 is 15.9 Å². The largest absolute Gasteiger partial charge is 0.443 e. The van der Waals surface area contributed by atoms with Gasteiger partial charge in [-0.3, -0.25) is 4.79 Å². The predicted molar refractivity (Wildman–Crippen MR) is 85.0 cm³/mol. The summed E-state index contributed by atoms with van der Waals surface area (Å²) in [6, 6.07) is 2.59. The number of rotatable bonds is 1. The molecule has 0 bridgehead atoms. The zero-order valence-electron chi connectivity index (χ0n) is 12.7. The van der Waals surface area contributed by atoms with Gasteiger partial charge in [0.05, 0.1) is 10.9 Å². The Labute approximate surface area is 135 Å². The van der Waals surface area contributed by atoms with Crippen LogP contribution in [-0.2, 0) is 10.1 Å². The molecule has 0 aliphatic rings. The molecule has 0 fully saturated rings. The zero-order valence-corrected chi connectivity index (χ0v) is 14.3. The van der Waals surface area contributed by atoms with Gasteiger partial charge in [0.25, 0.3) is 5.56 Å². The van der Waals surface area contributed by atoms with Crippen molar-refractivity contribution < 1.29 is 13.9 Å². The van der Waals surface area contributed by atoms with Crippen LogP contribution in [0.2, 0.25) is 0 Å². The molecule has 7 heteroatoms. The molecule has 0 spiro atoms. The van der Waals surface area contributed by atoms with E-state index in [1.807, 2.05) is 0 Å². The predicted octanol–water partition coefficient (Wildman–Crippen LogP) is 3.52. The number of carbonyl (C=O) groups is 1. The quantitative estimate of drug-likeness (QED) is 0.720. The van der Waals surface area contributed by atoms with Gasteiger partial charge in [0.1, 0.15) is 17.2 Å². The molecule has 0 amide bonds. The normalized spacial score (nSPS) is 11.7. The lowest BCUT2D eigenvalue weighted by Crippen LogP contribution is -2.35. The minimum absolute atomic E-state index is 0.151. The maximum Gasteiger partial charge on any atom is 0.422 e. The van der Waals surface area contributed by atoms with Gasteiger partial charge in [-0.2, -0.15) is 4.57 Å². The number of aromatic nitrogens is 2. The van der Waals surface area contributed by atoms with Crippen molar-refractivity contribution in [2.75, 3.05) is 0 Å². The van der Waals surface area contributed by atoms with Crippen molar-refractivity contribution in [3.63, 3.8) is 0 Å². The van der Waals surface area contributed by atoms with Gasteiger partial charge in [-0.15, -0.1) is 0 Å². The summed E-state index contributed by atoms with van der Waals surface area (Å²) < 4.78 is 19.9. The molecular weight excluding hydrogens is 355 g/mol. The fraction of sp³-hybridized carbons (Fsp3) is 0.400. The highest BCUT2D eigenvalue weighted by Gasteiger charge is 2.22. The summed E-state index contributed by atoms with van der Waals surface area (Å²) in [5.41, 5.74) is -0.767. The third-order valence-electron chi connectivity index (χ3n) is 2.92. The molecule has 1 aromatic carbocycles. The minimum Gasteiger partial charge on any atom is -0.443 e. The van der Waals surface area contributed by atoms with Crippen LogP contribution < -0.4 is 5.56 Å². The lowest BCUT2D eigenvalue weighted by atomic mass is 10.1. The number of hydrogen-bond acceptors (Lipinski definition) is 4. The summed E-state index contributed by atoms with van der Waals surface area (Å²) in [4.78, 5) is 28.9. The second kappa shape index (κ2) is 5.79. The Kier molecular flexibility index (Phi) is 4.37. The molecule has 5 nitrogen and oxygen atoms in total. The van der Waals surface area contributed by atoms with Crippen LogP contribution in [0.3, 0.4) is 0 Å². The van der Waals surface area contributed by atoms with E-state index >= 15 is 0 Å². The topological polar surface area (TPSA) is 61.2 Å². The van der Waals surface area contributed by atoms with Gasteiger partial charge in [-0.25, -0.2) is 14.2 Å². The Morgan fingerprint density at radius 3 is 2.59 bits per heavy atom. The highest BCUT2D eigenvalue weighted by molar-refractivity contribution is 9.08. The maximum atomic E-state index is 13.8. The molecule has 1 heterocycles. The Balaban J connectivity index is 2.69. The van der Waals surface area contributed by atoms with E-state index in [1.165, 1.54) is 19.1 Å². The molecule has 2 rings (SSSR count). The van der Waals surface area contributed by atoms with Gasteiger partial charge in [-0.05, 0) is 39.3 Å². The summed E-state index contributed by atoms with van der Waals surface area (Å²) >= 11 is 3.16. The first-order valence-electron chi connectivity index (χ1n) is 6.65. The van der Waals surface area contributed by atoms with Crippen LogP contribution in [0.5, 0.6) is 0 Å². The van der Waals surface area contributed by atoms with E-state index in [4.69, 9.17) is 4.74 Å². The number of ether oxygens (including phenoxy) is 1. The second-order valence-corrected chi connectivity index (χ2v) is 6.44. The number of nitrogens with zero attached hydrogens (tertiary/aromatic N) is 2. The van der Waals surface area contributed by atoms with Crippen LogP contribution in [0.1, 0.15) is 32.2 Å². The van der Waals surface area contributed by atoms with Crippen molar-refractivity contribution >= 4 is 32.9 Å². The van der Waals surface area contributed by atoms with E-state index in [9.17, 15) is 14.0 Å². The summed E-state index contributed by atoms with van der Waals surface area (Å²) in [5.74, 6) is -0.302. The second-order valence-electron chi connectivity index (χ2n) is 5.87. The van der Waals surface area contributed by atoms with Crippen molar-refractivity contribution in [2.45, 2.75) is 38.6 Å². The Bertz CT molecular complexity index is 809. The van der Waals surface area contributed by atoms with E-state index in [0.717, 1.165) is 4.57 Å². The molecular formula is C15H16BrFN2O3. The van der Waals surface area contributed by atoms with Gasteiger partial charge >= 0.3 is 6.09 Å². The summed E-state index contributed by atoms with van der Waals surface area (Å²) in [5, 5.41) is 0.432. The molecule has 0 aliphatic carbocycles. The van der Waals surface area contributed by atoms with E-state index < -0.39 is 23.1 Å². The van der Waals surface area contributed by atoms with Crippen molar-refractivity contribution in [1.82, 2.24) is 9.55 Å². The van der Waals surface area contributed by atoms with Gasteiger partial charge in [0.15, 0.2) is 0 Å². The number of benzene rings is 1. The number of carbonyl (C=O) groups excluding carboxylic acids is 1. The van der Waals surface area contributed by atoms with Crippen LogP contribution in [0.25, 0.3) is 10.9 Å². The third-order valence-corrected chi connectivity index (χ3v) is 3.53. The van der Waals surface area contributed by atoms with E-state index in [1.54, 1.807) is 20.8 Å². The van der Waals surface area contributed by atoms with Crippen molar-refractivity contribution in [1.29, 1.82) is 0 Å². The monoisotopic (exact) mass is 370 g/mol. The molecule has 0 saturated heterocycles. The lowest BCUT2D eigenvalue weighted by Gasteiger charge is -2.20. The summed E-state index contributed by atoms with van der Waals surface area (Å²) in [7, 11) is 0. The van der Waals surface area contributed by atoms with Gasteiger partial charge in [-0.1, -0.05) is 15.9 Å². The molecule has 0 aliphatic heterocycles. The molecule has 0 saturated carbocycles. The summed E-state index contributed by atoms with van der Waals surface area (Å²) in [6.07, 6.45) is -0.797. The van der Waals surface area contributed by atoms with E-state index in [2.05, 4.69) is 20.9 Å².